The van der Waals surface area contributed by atoms with Gasteiger partial charge in [-0.2, -0.15) is 0 Å². The predicted octanol–water partition coefficient (Wildman–Crippen LogP) is 3.13. The number of carbonyl (C=O) groups excluding carboxylic acids is 2. The molecule has 1 N–H and O–H groups in total. The minimum atomic E-state index is -0.402. The van der Waals surface area contributed by atoms with Crippen LogP contribution >= 0.6 is 0 Å². The highest BCUT2D eigenvalue weighted by molar-refractivity contribution is 6.13. The molecular weight excluding hydrogens is 320 g/mol. The lowest BCUT2D eigenvalue weighted by atomic mass is 10.0. The fraction of sp³-hybridized carbons (Fsp3) is 0.368. The molecule has 25 heavy (non-hydrogen) atoms. The molecule has 1 saturated heterocycles. The van der Waals surface area contributed by atoms with Crippen LogP contribution < -0.4 is 14.8 Å². The Kier molecular flexibility index (Phi) is 6.22. The van der Waals surface area contributed by atoms with Gasteiger partial charge in [0.25, 0.3) is 5.91 Å². The van der Waals surface area contributed by atoms with Gasteiger partial charge in [-0.3, -0.25) is 9.69 Å². The summed E-state index contributed by atoms with van der Waals surface area (Å²) in [5.41, 5.74) is 1.92. The summed E-state index contributed by atoms with van der Waals surface area (Å²) in [6.07, 6.45) is 4.04. The Morgan fingerprint density at radius 2 is 1.88 bits per heavy atom. The van der Waals surface area contributed by atoms with Crippen molar-refractivity contribution in [3.63, 3.8) is 0 Å². The molecule has 1 aliphatic heterocycles. The van der Waals surface area contributed by atoms with Gasteiger partial charge in [0.2, 0.25) is 0 Å². The number of ether oxygens (including phenoxy) is 2. The average Bonchev–Trinajstić information content (AvgIpc) is 2.84. The summed E-state index contributed by atoms with van der Waals surface area (Å²) in [6, 6.07) is 3.32. The van der Waals surface area contributed by atoms with Gasteiger partial charge in [-0.05, 0) is 51.0 Å². The molecule has 0 bridgehead atoms. The number of rotatable bonds is 8. The van der Waals surface area contributed by atoms with Gasteiger partial charge in [0.1, 0.15) is 5.70 Å². The zero-order valence-corrected chi connectivity index (χ0v) is 14.9. The van der Waals surface area contributed by atoms with Crippen LogP contribution in [0.2, 0.25) is 0 Å². The summed E-state index contributed by atoms with van der Waals surface area (Å²) in [7, 11) is 0. The second-order valence-corrected chi connectivity index (χ2v) is 5.40. The van der Waals surface area contributed by atoms with Crippen molar-refractivity contribution < 1.29 is 19.1 Å². The van der Waals surface area contributed by atoms with Crippen LogP contribution in [0.5, 0.6) is 11.5 Å². The smallest absolute Gasteiger partial charge is 0.328 e. The zero-order valence-electron chi connectivity index (χ0n) is 14.9. The number of hydrogen-bond acceptors (Lipinski definition) is 4. The maximum Gasteiger partial charge on any atom is 0.328 e. The molecule has 2 rings (SSSR count). The van der Waals surface area contributed by atoms with Crippen molar-refractivity contribution in [3.8, 4) is 11.5 Å². The summed E-state index contributed by atoms with van der Waals surface area (Å²) in [5, 5.41) is 2.60. The second kappa shape index (κ2) is 8.37. The van der Waals surface area contributed by atoms with Crippen LogP contribution in [0.15, 0.2) is 30.5 Å². The summed E-state index contributed by atoms with van der Waals surface area (Å²) < 4.78 is 11.4. The van der Waals surface area contributed by atoms with Crippen LogP contribution in [0.4, 0.5) is 4.79 Å². The quantitative estimate of drug-likeness (QED) is 0.447. The molecule has 0 aromatic heterocycles. The Morgan fingerprint density at radius 3 is 2.44 bits per heavy atom. The Hall–Kier alpha value is -2.76. The minimum Gasteiger partial charge on any atom is -0.490 e. The zero-order chi connectivity index (χ0) is 18.4. The van der Waals surface area contributed by atoms with Gasteiger partial charge in [-0.15, -0.1) is 6.58 Å². The molecule has 0 unspecified atom stereocenters. The van der Waals surface area contributed by atoms with Crippen LogP contribution in [-0.4, -0.2) is 36.6 Å². The van der Waals surface area contributed by atoms with E-state index in [1.807, 2.05) is 26.0 Å². The first kappa shape index (κ1) is 18.6. The van der Waals surface area contributed by atoms with Crippen molar-refractivity contribution in [1.82, 2.24) is 10.2 Å². The minimum absolute atomic E-state index is 0.253. The van der Waals surface area contributed by atoms with Gasteiger partial charge >= 0.3 is 6.03 Å². The number of amides is 3. The molecule has 0 saturated carbocycles. The largest absolute Gasteiger partial charge is 0.490 e. The summed E-state index contributed by atoms with van der Waals surface area (Å²) >= 11 is 0. The van der Waals surface area contributed by atoms with Gasteiger partial charge in [-0.1, -0.05) is 6.08 Å². The number of imide groups is 1. The number of nitrogens with zero attached hydrogens (tertiary/aromatic N) is 1. The Morgan fingerprint density at radius 1 is 1.16 bits per heavy atom. The Bertz CT molecular complexity index is 710. The van der Waals surface area contributed by atoms with E-state index in [0.717, 1.165) is 16.0 Å². The molecule has 1 aliphatic rings. The second-order valence-electron chi connectivity index (χ2n) is 5.40. The van der Waals surface area contributed by atoms with Crippen LogP contribution in [0, 0.1) is 0 Å². The van der Waals surface area contributed by atoms with E-state index in [-0.39, 0.29) is 11.6 Å². The van der Waals surface area contributed by atoms with E-state index in [1.54, 1.807) is 19.1 Å². The number of urea groups is 1. The number of nitrogens with one attached hydrogen (secondary N) is 1. The summed E-state index contributed by atoms with van der Waals surface area (Å²) in [4.78, 5) is 25.2. The highest BCUT2D eigenvalue weighted by Gasteiger charge is 2.32. The molecular formula is C19H24N2O4. The van der Waals surface area contributed by atoms with Crippen LogP contribution in [0.25, 0.3) is 6.08 Å². The molecule has 6 heteroatoms. The molecule has 1 aromatic rings. The molecule has 3 amide bonds. The SMILES string of the molecule is C=CCc1cc(/C=C2/NC(=O)N(CC)C2=O)cc(OCC)c1OCC. The highest BCUT2D eigenvalue weighted by Crippen LogP contribution is 2.34. The van der Waals surface area contributed by atoms with E-state index in [0.29, 0.717) is 37.7 Å². The predicted molar refractivity (Wildman–Crippen MR) is 96.6 cm³/mol. The van der Waals surface area contributed by atoms with Crippen molar-refractivity contribution in [1.29, 1.82) is 0 Å². The lowest BCUT2D eigenvalue weighted by molar-refractivity contribution is -0.122. The topological polar surface area (TPSA) is 67.9 Å². The number of carbonyl (C=O) groups is 2. The molecule has 1 fully saturated rings. The molecule has 0 atom stereocenters. The first-order valence-corrected chi connectivity index (χ1v) is 8.43. The fourth-order valence-electron chi connectivity index (χ4n) is 2.67. The van der Waals surface area contributed by atoms with E-state index in [2.05, 4.69) is 11.9 Å². The number of likely N-dealkylation sites (N-methyl/N-ethyl adjacent to an activating group) is 1. The molecule has 0 radical (unpaired) electrons. The normalized spacial score (nSPS) is 15.5. The van der Waals surface area contributed by atoms with Crippen LogP contribution in [-0.2, 0) is 11.2 Å². The molecule has 1 heterocycles. The summed E-state index contributed by atoms with van der Waals surface area (Å²) in [5.74, 6) is 0.965. The van der Waals surface area contributed by atoms with Crippen molar-refractivity contribution >= 4 is 18.0 Å². The molecule has 134 valence electrons. The van der Waals surface area contributed by atoms with Crippen molar-refractivity contribution in [3.05, 3.63) is 41.6 Å². The molecule has 0 aliphatic carbocycles. The molecule has 6 nitrogen and oxygen atoms in total. The highest BCUT2D eigenvalue weighted by atomic mass is 16.5. The Labute approximate surface area is 148 Å². The third-order valence-electron chi connectivity index (χ3n) is 3.70. The van der Waals surface area contributed by atoms with Crippen LogP contribution in [0.3, 0.4) is 0 Å². The lowest BCUT2D eigenvalue weighted by Gasteiger charge is -2.16. The number of benzene rings is 1. The average molecular weight is 344 g/mol. The van der Waals surface area contributed by atoms with E-state index < -0.39 is 6.03 Å². The lowest BCUT2D eigenvalue weighted by Crippen LogP contribution is -2.30. The fourth-order valence-corrected chi connectivity index (χ4v) is 2.67. The van der Waals surface area contributed by atoms with Crippen LogP contribution in [0.1, 0.15) is 31.9 Å². The van der Waals surface area contributed by atoms with Crippen molar-refractivity contribution in [2.75, 3.05) is 19.8 Å². The van der Waals surface area contributed by atoms with Crippen molar-refractivity contribution in [2.45, 2.75) is 27.2 Å². The summed E-state index contributed by atoms with van der Waals surface area (Å²) in [6.45, 7) is 10.7. The monoisotopic (exact) mass is 344 g/mol. The van der Waals surface area contributed by atoms with Gasteiger partial charge < -0.3 is 14.8 Å². The van der Waals surface area contributed by atoms with Gasteiger partial charge in [-0.25, -0.2) is 4.79 Å². The van der Waals surface area contributed by atoms with Gasteiger partial charge in [0, 0.05) is 12.1 Å². The van der Waals surface area contributed by atoms with Crippen molar-refractivity contribution in [2.24, 2.45) is 0 Å². The standard InChI is InChI=1S/C19H24N2O4/c1-5-9-14-10-13(12-16(24-7-3)17(14)25-8-4)11-15-18(22)21(6-2)19(23)20-15/h5,10-12H,1,6-9H2,2-4H3,(H,20,23)/b15-11+. The molecule has 1 aromatic carbocycles. The van der Waals surface area contributed by atoms with Gasteiger partial charge in [0.05, 0.1) is 13.2 Å². The first-order chi connectivity index (χ1) is 12.0. The molecule has 0 spiro atoms. The maximum absolute atomic E-state index is 12.2. The Balaban J connectivity index is 2.47. The van der Waals surface area contributed by atoms with E-state index in [4.69, 9.17) is 9.47 Å². The third kappa shape index (κ3) is 4.02. The van der Waals surface area contributed by atoms with E-state index in [9.17, 15) is 9.59 Å². The van der Waals surface area contributed by atoms with E-state index >= 15 is 0 Å². The van der Waals surface area contributed by atoms with Gasteiger partial charge in [0.15, 0.2) is 11.5 Å². The maximum atomic E-state index is 12.2. The number of allylic oxidation sites excluding steroid dienone is 1. The third-order valence-corrected chi connectivity index (χ3v) is 3.70. The first-order valence-electron chi connectivity index (χ1n) is 8.43. The number of hydrogen-bond donors (Lipinski definition) is 1. The van der Waals surface area contributed by atoms with E-state index in [1.165, 1.54) is 0 Å².